The maximum atomic E-state index is 11.7. The van der Waals surface area contributed by atoms with Crippen molar-refractivity contribution >= 4 is 22.7 Å². The predicted molar refractivity (Wildman–Crippen MR) is 91.2 cm³/mol. The molecule has 4 heteroatoms. The van der Waals surface area contributed by atoms with Crippen molar-refractivity contribution in [2.75, 3.05) is 0 Å². The average molecular weight is 316 g/mol. The van der Waals surface area contributed by atoms with Crippen molar-refractivity contribution in [3.05, 3.63) is 71.3 Å². The van der Waals surface area contributed by atoms with Gasteiger partial charge >= 0.3 is 11.9 Å². The van der Waals surface area contributed by atoms with Crippen LogP contribution in [-0.2, 0) is 0 Å². The van der Waals surface area contributed by atoms with Crippen molar-refractivity contribution in [1.29, 1.82) is 0 Å². The Hall–Kier alpha value is -3.58. The number of hydrogen-bond acceptors (Lipinski definition) is 2. The maximum absolute atomic E-state index is 11.7. The van der Waals surface area contributed by atoms with Crippen molar-refractivity contribution < 1.29 is 19.8 Å². The fourth-order valence-corrected chi connectivity index (χ4v) is 2.83. The van der Waals surface area contributed by atoms with Crippen molar-refractivity contribution in [2.45, 2.75) is 0 Å². The zero-order valence-corrected chi connectivity index (χ0v) is 12.5. The number of fused-ring (bicyclic) bond motifs is 1. The number of benzene rings is 3. The molecule has 0 atom stereocenters. The Labute approximate surface area is 138 Å². The molecule has 2 N–H and O–H groups in total. The quantitative estimate of drug-likeness (QED) is 0.719. The Morgan fingerprint density at radius 3 is 2.12 bits per heavy atom. The number of carboxylic acid groups (broad SMARTS) is 2. The summed E-state index contributed by atoms with van der Waals surface area (Å²) in [6.07, 6.45) is 5.53. The highest BCUT2D eigenvalue weighted by Gasteiger charge is 2.22. The normalized spacial score (nSPS) is 10.3. The van der Waals surface area contributed by atoms with Crippen LogP contribution in [0.4, 0.5) is 0 Å². The van der Waals surface area contributed by atoms with Crippen LogP contribution in [0.5, 0.6) is 0 Å². The third-order valence-electron chi connectivity index (χ3n) is 3.87. The van der Waals surface area contributed by atoms with E-state index < -0.39 is 11.9 Å². The third-order valence-corrected chi connectivity index (χ3v) is 3.87. The molecule has 3 rings (SSSR count). The van der Waals surface area contributed by atoms with Gasteiger partial charge in [0, 0.05) is 11.1 Å². The zero-order chi connectivity index (χ0) is 17.3. The molecule has 0 aromatic heterocycles. The molecule has 4 nitrogen and oxygen atoms in total. The lowest BCUT2D eigenvalue weighted by atomic mass is 9.88. The lowest BCUT2D eigenvalue weighted by Gasteiger charge is -2.14. The van der Waals surface area contributed by atoms with Gasteiger partial charge in [-0.05, 0) is 28.5 Å². The summed E-state index contributed by atoms with van der Waals surface area (Å²) in [6, 6.07) is 15.4. The van der Waals surface area contributed by atoms with E-state index in [4.69, 9.17) is 6.42 Å². The van der Waals surface area contributed by atoms with Crippen LogP contribution in [0, 0.1) is 12.3 Å². The van der Waals surface area contributed by atoms with Gasteiger partial charge in [0.15, 0.2) is 0 Å². The molecule has 0 aliphatic carbocycles. The molecular formula is C20H12O4. The molecule has 3 aromatic rings. The molecule has 24 heavy (non-hydrogen) atoms. The van der Waals surface area contributed by atoms with Crippen LogP contribution in [0.15, 0.2) is 54.6 Å². The molecule has 116 valence electrons. The van der Waals surface area contributed by atoms with E-state index in [2.05, 4.69) is 5.92 Å². The van der Waals surface area contributed by atoms with Gasteiger partial charge in [-0.2, -0.15) is 0 Å². The van der Waals surface area contributed by atoms with Crippen LogP contribution < -0.4 is 0 Å². The Balaban J connectivity index is 2.49. The largest absolute Gasteiger partial charge is 0.478 e. The highest BCUT2D eigenvalue weighted by molar-refractivity contribution is 6.07. The lowest BCUT2D eigenvalue weighted by Crippen LogP contribution is -2.08. The minimum absolute atomic E-state index is 0.0238. The van der Waals surface area contributed by atoms with Crippen LogP contribution in [-0.4, -0.2) is 22.2 Å². The highest BCUT2D eigenvalue weighted by Crippen LogP contribution is 2.35. The van der Waals surface area contributed by atoms with Gasteiger partial charge in [0.2, 0.25) is 0 Å². The zero-order valence-electron chi connectivity index (χ0n) is 12.5. The molecule has 0 heterocycles. The molecule has 0 fully saturated rings. The minimum atomic E-state index is -1.19. The molecule has 0 unspecified atom stereocenters. The van der Waals surface area contributed by atoms with Crippen molar-refractivity contribution in [3.8, 4) is 23.5 Å². The molecule has 0 radical (unpaired) electrons. The van der Waals surface area contributed by atoms with Gasteiger partial charge in [-0.25, -0.2) is 9.59 Å². The number of hydrogen-bond donors (Lipinski definition) is 2. The Bertz CT molecular complexity index is 1020. The smallest absolute Gasteiger partial charge is 0.336 e. The fraction of sp³-hybridized carbons (Fsp3) is 0. The Morgan fingerprint density at radius 1 is 0.833 bits per heavy atom. The molecular weight excluding hydrogens is 304 g/mol. The van der Waals surface area contributed by atoms with Gasteiger partial charge in [-0.15, -0.1) is 6.42 Å². The SMILES string of the molecule is C#Cc1c(C(=O)O)ccc(C(=O)O)c1-c1cccc2ccccc12. The predicted octanol–water partition coefficient (Wildman–Crippen LogP) is 3.88. The summed E-state index contributed by atoms with van der Waals surface area (Å²) in [7, 11) is 0. The second-order valence-corrected chi connectivity index (χ2v) is 5.19. The van der Waals surface area contributed by atoms with E-state index in [-0.39, 0.29) is 22.3 Å². The van der Waals surface area contributed by atoms with Gasteiger partial charge in [0.1, 0.15) is 0 Å². The first-order chi connectivity index (χ1) is 11.5. The average Bonchev–Trinajstić information content (AvgIpc) is 2.59. The highest BCUT2D eigenvalue weighted by atomic mass is 16.4. The second-order valence-electron chi connectivity index (χ2n) is 5.19. The van der Waals surface area contributed by atoms with E-state index in [9.17, 15) is 19.8 Å². The fourth-order valence-electron chi connectivity index (χ4n) is 2.83. The lowest BCUT2D eigenvalue weighted by molar-refractivity contribution is 0.0681. The van der Waals surface area contributed by atoms with Crippen molar-refractivity contribution in [1.82, 2.24) is 0 Å². The van der Waals surface area contributed by atoms with Gasteiger partial charge in [0.05, 0.1) is 11.1 Å². The first-order valence-electron chi connectivity index (χ1n) is 7.13. The van der Waals surface area contributed by atoms with Gasteiger partial charge in [0.25, 0.3) is 0 Å². The standard InChI is InChI=1S/C20H12O4/c1-2-13-16(19(21)22)10-11-17(20(23)24)18(13)15-9-5-7-12-6-3-4-8-14(12)15/h1,3-11H,(H,21,22)(H,23,24). The van der Waals surface area contributed by atoms with Crippen molar-refractivity contribution in [2.24, 2.45) is 0 Å². The summed E-state index contributed by atoms with van der Waals surface area (Å²) >= 11 is 0. The van der Waals surface area contributed by atoms with Crippen LogP contribution in [0.2, 0.25) is 0 Å². The first-order valence-corrected chi connectivity index (χ1v) is 7.13. The topological polar surface area (TPSA) is 74.6 Å². The number of terminal acetylenes is 1. The van der Waals surface area contributed by atoms with Crippen LogP contribution in [0.3, 0.4) is 0 Å². The van der Waals surface area contributed by atoms with Crippen LogP contribution in [0.1, 0.15) is 26.3 Å². The van der Waals surface area contributed by atoms with E-state index in [1.165, 1.54) is 12.1 Å². The van der Waals surface area contributed by atoms with Crippen LogP contribution >= 0.6 is 0 Å². The summed E-state index contributed by atoms with van der Waals surface area (Å²) in [5.41, 5.74) is 0.803. The Kier molecular flexibility index (Phi) is 3.77. The molecule has 0 saturated carbocycles. The summed E-state index contributed by atoms with van der Waals surface area (Å²) in [4.78, 5) is 23.1. The van der Waals surface area contributed by atoms with E-state index in [0.717, 1.165) is 10.8 Å². The third kappa shape index (κ3) is 2.38. The number of aromatic carboxylic acids is 2. The van der Waals surface area contributed by atoms with E-state index >= 15 is 0 Å². The monoisotopic (exact) mass is 316 g/mol. The molecule has 0 amide bonds. The van der Waals surface area contributed by atoms with E-state index in [0.29, 0.717) is 5.56 Å². The summed E-state index contributed by atoms with van der Waals surface area (Å²) in [5.74, 6) is 0.00588. The number of rotatable bonds is 3. The van der Waals surface area contributed by atoms with Gasteiger partial charge in [-0.3, -0.25) is 0 Å². The van der Waals surface area contributed by atoms with E-state index in [1.807, 2.05) is 30.3 Å². The number of carbonyl (C=O) groups is 2. The summed E-state index contributed by atoms with van der Waals surface area (Å²) in [6.45, 7) is 0. The summed E-state index contributed by atoms with van der Waals surface area (Å²) < 4.78 is 0. The number of carboxylic acids is 2. The Morgan fingerprint density at radius 2 is 1.46 bits per heavy atom. The maximum Gasteiger partial charge on any atom is 0.336 e. The van der Waals surface area contributed by atoms with Gasteiger partial charge in [-0.1, -0.05) is 48.4 Å². The first kappa shape index (κ1) is 15.3. The molecule has 0 spiro atoms. The minimum Gasteiger partial charge on any atom is -0.478 e. The molecule has 0 aliphatic heterocycles. The molecule has 0 bridgehead atoms. The molecule has 0 saturated heterocycles. The second kappa shape index (κ2) is 5.90. The molecule has 3 aromatic carbocycles. The molecule has 0 aliphatic rings. The van der Waals surface area contributed by atoms with Crippen molar-refractivity contribution in [3.63, 3.8) is 0 Å². The summed E-state index contributed by atoms with van der Waals surface area (Å²) in [5, 5.41) is 20.6. The van der Waals surface area contributed by atoms with E-state index in [1.54, 1.807) is 12.1 Å². The van der Waals surface area contributed by atoms with Gasteiger partial charge < -0.3 is 10.2 Å². The van der Waals surface area contributed by atoms with Crippen LogP contribution in [0.25, 0.3) is 21.9 Å².